The van der Waals surface area contributed by atoms with E-state index in [0.29, 0.717) is 12.3 Å². The van der Waals surface area contributed by atoms with Gasteiger partial charge in [-0.05, 0) is 31.0 Å². The Morgan fingerprint density at radius 1 is 1.38 bits per heavy atom. The molecule has 3 heteroatoms. The second-order valence-corrected chi connectivity index (χ2v) is 4.44. The molecule has 0 fully saturated rings. The summed E-state index contributed by atoms with van der Waals surface area (Å²) in [5, 5.41) is 11.9. The lowest BCUT2D eigenvalue weighted by molar-refractivity contribution is 0.464. The minimum Gasteiger partial charge on any atom is -0.449 e. The normalized spacial score (nSPS) is 10.6. The van der Waals surface area contributed by atoms with E-state index in [-0.39, 0.29) is 0 Å². The molecule has 1 heterocycles. The smallest absolute Gasteiger partial charge is 0.203 e. The summed E-state index contributed by atoms with van der Waals surface area (Å²) in [6, 6.07) is 5.53. The maximum atomic E-state index is 8.58. The van der Waals surface area contributed by atoms with Gasteiger partial charge in [-0.1, -0.05) is 26.7 Å². The van der Waals surface area contributed by atoms with Crippen LogP contribution in [0.15, 0.2) is 16.5 Å². The zero-order valence-electron chi connectivity index (χ0n) is 10.1. The number of nitriles is 1. The van der Waals surface area contributed by atoms with Gasteiger partial charge in [0.25, 0.3) is 0 Å². The minimum absolute atomic E-state index is 0.386. The molecule has 1 aromatic heterocycles. The van der Waals surface area contributed by atoms with Gasteiger partial charge in [0.1, 0.15) is 11.8 Å². The van der Waals surface area contributed by atoms with E-state index in [0.717, 1.165) is 18.2 Å². The molecule has 16 heavy (non-hydrogen) atoms. The first-order valence-electron chi connectivity index (χ1n) is 5.92. The monoisotopic (exact) mass is 220 g/mol. The molecule has 0 saturated heterocycles. The first-order valence-corrected chi connectivity index (χ1v) is 5.92. The highest BCUT2D eigenvalue weighted by Crippen LogP contribution is 2.07. The fraction of sp³-hybridized carbons (Fsp3) is 0.615. The van der Waals surface area contributed by atoms with Gasteiger partial charge in [-0.3, -0.25) is 0 Å². The van der Waals surface area contributed by atoms with Gasteiger partial charge in [-0.25, -0.2) is 0 Å². The first-order chi connectivity index (χ1) is 7.72. The van der Waals surface area contributed by atoms with Gasteiger partial charge in [0, 0.05) is 0 Å². The van der Waals surface area contributed by atoms with Crippen LogP contribution in [0, 0.1) is 17.2 Å². The molecule has 0 amide bonds. The van der Waals surface area contributed by atoms with E-state index in [9.17, 15) is 0 Å². The van der Waals surface area contributed by atoms with Crippen LogP contribution in [0.1, 0.15) is 44.6 Å². The lowest BCUT2D eigenvalue weighted by Gasteiger charge is -2.04. The van der Waals surface area contributed by atoms with Gasteiger partial charge in [-0.2, -0.15) is 5.26 Å². The largest absolute Gasteiger partial charge is 0.449 e. The second kappa shape index (κ2) is 7.08. The lowest BCUT2D eigenvalue weighted by Crippen LogP contribution is -2.14. The van der Waals surface area contributed by atoms with Crippen LogP contribution in [-0.4, -0.2) is 6.54 Å². The van der Waals surface area contributed by atoms with E-state index in [1.165, 1.54) is 19.3 Å². The number of furan rings is 1. The van der Waals surface area contributed by atoms with E-state index in [1.54, 1.807) is 6.07 Å². The number of nitrogens with one attached hydrogen (secondary N) is 1. The molecule has 0 aliphatic heterocycles. The Kier molecular flexibility index (Phi) is 5.66. The van der Waals surface area contributed by atoms with Gasteiger partial charge < -0.3 is 9.73 Å². The standard InChI is InChI=1S/C13H20N2O/c1-11(2)5-3-4-8-15-10-13-7-6-12(9-14)16-13/h6-7,11,15H,3-5,8,10H2,1-2H3. The van der Waals surface area contributed by atoms with E-state index in [1.807, 2.05) is 12.1 Å². The lowest BCUT2D eigenvalue weighted by atomic mass is 10.1. The average Bonchev–Trinajstić information content (AvgIpc) is 2.70. The molecule has 0 bridgehead atoms. The number of unbranched alkanes of at least 4 members (excludes halogenated alkanes) is 1. The molecule has 3 nitrogen and oxygen atoms in total. The van der Waals surface area contributed by atoms with Gasteiger partial charge in [0.05, 0.1) is 6.54 Å². The third kappa shape index (κ3) is 4.99. The molecule has 0 unspecified atom stereocenters. The van der Waals surface area contributed by atoms with E-state index >= 15 is 0 Å². The Bertz CT molecular complexity index is 336. The number of hydrogen-bond donors (Lipinski definition) is 1. The van der Waals surface area contributed by atoms with Crippen LogP contribution in [0.4, 0.5) is 0 Å². The van der Waals surface area contributed by atoms with Gasteiger partial charge >= 0.3 is 0 Å². The molecule has 0 saturated carbocycles. The predicted octanol–water partition coefficient (Wildman–Crippen LogP) is 3.07. The molecule has 1 rings (SSSR count). The molecule has 88 valence electrons. The van der Waals surface area contributed by atoms with Crippen molar-refractivity contribution in [2.75, 3.05) is 6.54 Å². The molecule has 1 aromatic rings. The molecule has 0 aliphatic carbocycles. The van der Waals surface area contributed by atoms with E-state index in [2.05, 4.69) is 19.2 Å². The van der Waals surface area contributed by atoms with Crippen molar-refractivity contribution in [2.45, 2.75) is 39.7 Å². The summed E-state index contributed by atoms with van der Waals surface area (Å²) in [7, 11) is 0. The maximum absolute atomic E-state index is 8.58. The Morgan fingerprint density at radius 3 is 2.81 bits per heavy atom. The zero-order valence-corrected chi connectivity index (χ0v) is 10.1. The summed E-state index contributed by atoms with van der Waals surface area (Å²) in [5.41, 5.74) is 0. The Balaban J connectivity index is 2.05. The molecule has 0 aromatic carbocycles. The van der Waals surface area contributed by atoms with Crippen LogP contribution in [-0.2, 0) is 6.54 Å². The fourth-order valence-corrected chi connectivity index (χ4v) is 1.55. The van der Waals surface area contributed by atoms with Crippen LogP contribution in [0.3, 0.4) is 0 Å². The molecule has 0 aliphatic rings. The third-order valence-electron chi connectivity index (χ3n) is 2.46. The predicted molar refractivity (Wildman–Crippen MR) is 63.8 cm³/mol. The van der Waals surface area contributed by atoms with Crippen molar-refractivity contribution in [3.8, 4) is 6.07 Å². The third-order valence-corrected chi connectivity index (χ3v) is 2.46. The van der Waals surface area contributed by atoms with Crippen molar-refractivity contribution >= 4 is 0 Å². The van der Waals surface area contributed by atoms with Crippen LogP contribution in [0.25, 0.3) is 0 Å². The van der Waals surface area contributed by atoms with Crippen molar-refractivity contribution in [2.24, 2.45) is 5.92 Å². The van der Waals surface area contributed by atoms with Crippen molar-refractivity contribution in [1.29, 1.82) is 5.26 Å². The second-order valence-electron chi connectivity index (χ2n) is 4.44. The molecule has 0 spiro atoms. The highest BCUT2D eigenvalue weighted by molar-refractivity contribution is 5.18. The summed E-state index contributed by atoms with van der Waals surface area (Å²) >= 11 is 0. The summed E-state index contributed by atoms with van der Waals surface area (Å²) < 4.78 is 5.25. The summed E-state index contributed by atoms with van der Waals surface area (Å²) in [6.07, 6.45) is 3.76. The SMILES string of the molecule is CC(C)CCCCNCc1ccc(C#N)o1. The van der Waals surface area contributed by atoms with Gasteiger partial charge in [-0.15, -0.1) is 0 Å². The average molecular weight is 220 g/mol. The summed E-state index contributed by atoms with van der Waals surface area (Å²) in [4.78, 5) is 0. The highest BCUT2D eigenvalue weighted by atomic mass is 16.3. The van der Waals surface area contributed by atoms with Crippen molar-refractivity contribution < 1.29 is 4.42 Å². The zero-order chi connectivity index (χ0) is 11.8. The van der Waals surface area contributed by atoms with Crippen LogP contribution in [0.5, 0.6) is 0 Å². The van der Waals surface area contributed by atoms with Crippen LogP contribution >= 0.6 is 0 Å². The molecule has 0 radical (unpaired) electrons. The van der Waals surface area contributed by atoms with Crippen LogP contribution in [0.2, 0.25) is 0 Å². The maximum Gasteiger partial charge on any atom is 0.203 e. The molecule has 0 atom stereocenters. The molecular formula is C13H20N2O. The molecular weight excluding hydrogens is 200 g/mol. The number of hydrogen-bond acceptors (Lipinski definition) is 3. The topological polar surface area (TPSA) is 49.0 Å². The fourth-order valence-electron chi connectivity index (χ4n) is 1.55. The van der Waals surface area contributed by atoms with Gasteiger partial charge in [0.15, 0.2) is 0 Å². The Morgan fingerprint density at radius 2 is 2.19 bits per heavy atom. The van der Waals surface area contributed by atoms with E-state index < -0.39 is 0 Å². The number of rotatable bonds is 7. The highest BCUT2D eigenvalue weighted by Gasteiger charge is 2.00. The number of nitrogens with zero attached hydrogens (tertiary/aromatic N) is 1. The Labute approximate surface area is 97.5 Å². The van der Waals surface area contributed by atoms with E-state index in [4.69, 9.17) is 9.68 Å². The van der Waals surface area contributed by atoms with Gasteiger partial charge in [0.2, 0.25) is 5.76 Å². The Hall–Kier alpha value is -1.27. The summed E-state index contributed by atoms with van der Waals surface area (Å²) in [6.45, 7) is 6.22. The quantitative estimate of drug-likeness (QED) is 0.718. The van der Waals surface area contributed by atoms with Crippen molar-refractivity contribution in [3.63, 3.8) is 0 Å². The molecule has 1 N–H and O–H groups in total. The van der Waals surface area contributed by atoms with Crippen molar-refractivity contribution in [1.82, 2.24) is 5.32 Å². The minimum atomic E-state index is 0.386. The first kappa shape index (κ1) is 12.8. The summed E-state index contributed by atoms with van der Waals surface area (Å²) in [5.74, 6) is 2.01. The van der Waals surface area contributed by atoms with Crippen LogP contribution < -0.4 is 5.32 Å². The van der Waals surface area contributed by atoms with Crippen molar-refractivity contribution in [3.05, 3.63) is 23.7 Å².